The highest BCUT2D eigenvalue weighted by molar-refractivity contribution is 7.09. The summed E-state index contributed by atoms with van der Waals surface area (Å²) >= 11 is 1.41. The molecular formula is C28H38F3NO5S. The van der Waals surface area contributed by atoms with Crippen LogP contribution in [0.4, 0.5) is 13.2 Å². The Morgan fingerprint density at radius 3 is 2.42 bits per heavy atom. The van der Waals surface area contributed by atoms with Gasteiger partial charge in [0.1, 0.15) is 11.9 Å². The van der Waals surface area contributed by atoms with E-state index in [1.807, 2.05) is 6.92 Å². The van der Waals surface area contributed by atoms with Crippen molar-refractivity contribution in [2.24, 2.45) is 17.3 Å². The number of cyclic esters (lactones) is 1. The molecule has 0 radical (unpaired) electrons. The Labute approximate surface area is 226 Å². The molecule has 38 heavy (non-hydrogen) atoms. The fraction of sp³-hybridized carbons (Fsp3) is 0.607. The van der Waals surface area contributed by atoms with E-state index < -0.39 is 65.5 Å². The predicted molar refractivity (Wildman–Crippen MR) is 141 cm³/mol. The number of Topliss-reactive ketones (excluding diaryl/α,β-unsaturated/α-hetero) is 1. The van der Waals surface area contributed by atoms with Crippen LogP contribution in [0.25, 0.3) is 6.08 Å². The zero-order valence-corrected chi connectivity index (χ0v) is 23.5. The van der Waals surface area contributed by atoms with Gasteiger partial charge in [-0.2, -0.15) is 13.2 Å². The lowest BCUT2D eigenvalue weighted by atomic mass is 9.73. The van der Waals surface area contributed by atoms with Crippen molar-refractivity contribution < 1.29 is 37.7 Å². The molecule has 0 saturated carbocycles. The maximum absolute atomic E-state index is 13.8. The van der Waals surface area contributed by atoms with Gasteiger partial charge in [-0.1, -0.05) is 45.9 Å². The van der Waals surface area contributed by atoms with Crippen molar-refractivity contribution in [1.29, 1.82) is 0 Å². The molecule has 6 nitrogen and oxygen atoms in total. The van der Waals surface area contributed by atoms with Crippen LogP contribution < -0.4 is 0 Å². The maximum atomic E-state index is 13.8. The number of esters is 1. The van der Waals surface area contributed by atoms with Crippen LogP contribution in [0, 0.1) is 24.2 Å². The largest absolute Gasteiger partial charge is 0.457 e. The molecule has 0 bridgehead atoms. The number of thiazole rings is 1. The van der Waals surface area contributed by atoms with E-state index in [4.69, 9.17) is 4.74 Å². The third-order valence-corrected chi connectivity index (χ3v) is 7.88. The molecule has 2 heterocycles. The molecule has 1 aromatic heterocycles. The number of aromatic nitrogens is 1. The summed E-state index contributed by atoms with van der Waals surface area (Å²) in [6.07, 6.45) is -3.37. The highest BCUT2D eigenvalue weighted by Gasteiger charge is 2.42. The van der Waals surface area contributed by atoms with Crippen LogP contribution in [0.2, 0.25) is 0 Å². The van der Waals surface area contributed by atoms with Crippen LogP contribution in [-0.2, 0) is 14.3 Å². The average Bonchev–Trinajstić information content (AvgIpc) is 3.23. The van der Waals surface area contributed by atoms with Crippen molar-refractivity contribution in [1.82, 2.24) is 4.98 Å². The second kappa shape index (κ2) is 13.2. The number of aliphatic hydroxyl groups excluding tert-OH is 2. The molecule has 1 unspecified atom stereocenters. The molecule has 0 fully saturated rings. The molecule has 0 saturated heterocycles. The van der Waals surface area contributed by atoms with E-state index in [0.717, 1.165) is 11.1 Å². The van der Waals surface area contributed by atoms with Gasteiger partial charge in [-0.3, -0.25) is 9.59 Å². The monoisotopic (exact) mass is 557 g/mol. The minimum atomic E-state index is -4.59. The van der Waals surface area contributed by atoms with Gasteiger partial charge in [0.15, 0.2) is 0 Å². The number of alkyl halides is 3. The van der Waals surface area contributed by atoms with Crippen molar-refractivity contribution in [3.05, 3.63) is 45.5 Å². The molecule has 0 amide bonds. The highest BCUT2D eigenvalue weighted by Crippen LogP contribution is 2.33. The van der Waals surface area contributed by atoms with Crippen molar-refractivity contribution in [2.75, 3.05) is 0 Å². The Hall–Kier alpha value is -2.30. The van der Waals surface area contributed by atoms with E-state index >= 15 is 0 Å². The number of hydrogen-bond acceptors (Lipinski definition) is 7. The number of hydrogen-bond donors (Lipinski definition) is 2. The zero-order valence-electron chi connectivity index (χ0n) is 22.7. The Balaban J connectivity index is 2.47. The lowest BCUT2D eigenvalue weighted by Gasteiger charge is -2.34. The van der Waals surface area contributed by atoms with Gasteiger partial charge in [0, 0.05) is 23.3 Å². The fourth-order valence-corrected chi connectivity index (χ4v) is 4.91. The fourth-order valence-electron chi connectivity index (χ4n) is 4.34. The summed E-state index contributed by atoms with van der Waals surface area (Å²) in [5.41, 5.74) is -1.06. The van der Waals surface area contributed by atoms with Gasteiger partial charge < -0.3 is 14.9 Å². The van der Waals surface area contributed by atoms with E-state index in [9.17, 15) is 33.0 Å². The number of carbonyl (C=O) groups excluding carboxylic acids is 2. The number of ether oxygens (including phenoxy) is 1. The molecule has 2 rings (SSSR count). The van der Waals surface area contributed by atoms with Gasteiger partial charge in [-0.05, 0) is 44.3 Å². The molecule has 0 spiro atoms. The summed E-state index contributed by atoms with van der Waals surface area (Å²) in [6, 6.07) is 0. The predicted octanol–water partition coefficient (Wildman–Crippen LogP) is 5.97. The lowest BCUT2D eigenvalue weighted by molar-refractivity contribution is -0.154. The molecule has 1 aliphatic rings. The van der Waals surface area contributed by atoms with Gasteiger partial charge in [-0.15, -0.1) is 11.3 Å². The second-order valence-electron chi connectivity index (χ2n) is 10.6. The van der Waals surface area contributed by atoms with E-state index in [-0.39, 0.29) is 19.3 Å². The van der Waals surface area contributed by atoms with Gasteiger partial charge in [0.2, 0.25) is 0 Å². The van der Waals surface area contributed by atoms with Gasteiger partial charge >= 0.3 is 12.1 Å². The Kier molecular flexibility index (Phi) is 11.1. The number of aliphatic hydroxyl groups is 2. The summed E-state index contributed by atoms with van der Waals surface area (Å²) in [7, 11) is 0. The van der Waals surface area contributed by atoms with Crippen LogP contribution in [0.15, 0.2) is 34.8 Å². The van der Waals surface area contributed by atoms with Crippen molar-refractivity contribution >= 4 is 29.2 Å². The highest BCUT2D eigenvalue weighted by atomic mass is 32.1. The van der Waals surface area contributed by atoms with Crippen LogP contribution in [0.1, 0.15) is 71.0 Å². The van der Waals surface area contributed by atoms with Crippen LogP contribution in [0.5, 0.6) is 0 Å². The zero-order chi connectivity index (χ0) is 28.8. The topological polar surface area (TPSA) is 96.7 Å². The smallest absolute Gasteiger partial charge is 0.412 e. The third kappa shape index (κ3) is 8.61. The summed E-state index contributed by atoms with van der Waals surface area (Å²) in [6.45, 7) is 9.72. The van der Waals surface area contributed by atoms with Gasteiger partial charge in [0.05, 0.1) is 34.7 Å². The first-order valence-corrected chi connectivity index (χ1v) is 13.5. The number of ketones is 1. The normalized spacial score (nSPS) is 31.2. The first-order valence-electron chi connectivity index (χ1n) is 12.7. The number of rotatable bonds is 2. The minimum Gasteiger partial charge on any atom is -0.457 e. The quantitative estimate of drug-likeness (QED) is 0.343. The molecular weight excluding hydrogens is 519 g/mol. The molecule has 1 aromatic rings. The van der Waals surface area contributed by atoms with E-state index in [1.54, 1.807) is 38.3 Å². The lowest BCUT2D eigenvalue weighted by Crippen LogP contribution is -2.45. The molecule has 212 valence electrons. The van der Waals surface area contributed by atoms with Gasteiger partial charge in [-0.25, -0.2) is 4.98 Å². The molecule has 5 atom stereocenters. The van der Waals surface area contributed by atoms with Crippen LogP contribution >= 0.6 is 11.3 Å². The first kappa shape index (κ1) is 31.9. The number of nitrogens with zero attached hydrogens (tertiary/aromatic N) is 1. The second-order valence-corrected chi connectivity index (χ2v) is 11.7. The summed E-state index contributed by atoms with van der Waals surface area (Å²) in [5.74, 6) is -2.54. The van der Waals surface area contributed by atoms with E-state index in [2.05, 4.69) is 4.98 Å². The summed E-state index contributed by atoms with van der Waals surface area (Å²) in [4.78, 5) is 30.4. The van der Waals surface area contributed by atoms with Gasteiger partial charge in [0.25, 0.3) is 0 Å². The summed E-state index contributed by atoms with van der Waals surface area (Å²) in [5, 5.41) is 24.1. The third-order valence-electron chi connectivity index (χ3n) is 7.09. The van der Waals surface area contributed by atoms with Crippen LogP contribution in [0.3, 0.4) is 0 Å². The Bertz CT molecular complexity index is 1070. The SMILES string of the molecule is C/C(=C\c1csc(C)n1)[C@@H]1C/C=C(/C(F)(F)F)C/C=C/CC(C)[C@H](O)[C@@H](C)C(=O)C(C)(C)[C@@H](O)CC(=O)O1. The van der Waals surface area contributed by atoms with Crippen molar-refractivity contribution in [2.45, 2.75) is 91.7 Å². The molecule has 0 aromatic carbocycles. The maximum Gasteiger partial charge on any atom is 0.412 e. The number of carbonyl (C=O) groups is 2. The van der Waals surface area contributed by atoms with E-state index in [0.29, 0.717) is 11.3 Å². The Morgan fingerprint density at radius 2 is 1.84 bits per heavy atom. The minimum absolute atomic E-state index is 0.232. The van der Waals surface area contributed by atoms with Crippen LogP contribution in [-0.4, -0.2) is 51.4 Å². The standard InChI is InChI=1S/C28H38F3NO5S/c1-16-9-7-8-10-20(28(29,30)31)11-12-22(17(2)13-21-15-38-19(4)32-21)37-24(34)14-23(33)27(5,6)26(36)18(3)25(16)35/h7-8,11,13,15-16,18,22-23,25,33,35H,9-10,12,14H2,1-6H3/b8-7+,17-13+,20-11+/t16?,18-,22+,23+,25+/m1/s1. The number of aryl methyl sites for hydroxylation is 1. The number of halogens is 3. The molecule has 1 aliphatic heterocycles. The van der Waals surface area contributed by atoms with Crippen molar-refractivity contribution in [3.8, 4) is 0 Å². The average molecular weight is 558 g/mol. The van der Waals surface area contributed by atoms with E-state index in [1.165, 1.54) is 31.3 Å². The molecule has 10 heteroatoms. The molecule has 2 N–H and O–H groups in total. The molecule has 0 aliphatic carbocycles. The van der Waals surface area contributed by atoms with Crippen molar-refractivity contribution in [3.63, 3.8) is 0 Å². The first-order chi connectivity index (χ1) is 17.5. The number of allylic oxidation sites excluding steroid dienone is 3. The summed E-state index contributed by atoms with van der Waals surface area (Å²) < 4.78 is 46.9. The Morgan fingerprint density at radius 1 is 1.18 bits per heavy atom.